The highest BCUT2D eigenvalue weighted by Crippen LogP contribution is 2.46. The Kier molecular flexibility index (Phi) is 7.61. The molecule has 1 N–H and O–H groups in total. The molecule has 1 aromatic carbocycles. The maximum Gasteiger partial charge on any atom is 0.230 e. The number of nitrogens with zero attached hydrogens (tertiary/aromatic N) is 3. The molecule has 0 saturated heterocycles. The lowest BCUT2D eigenvalue weighted by Crippen LogP contribution is -2.29. The van der Waals surface area contributed by atoms with Gasteiger partial charge in [-0.1, -0.05) is 44.5 Å². The molecule has 0 unspecified atom stereocenters. The van der Waals surface area contributed by atoms with Gasteiger partial charge in [0.25, 0.3) is 0 Å². The van der Waals surface area contributed by atoms with Gasteiger partial charge >= 0.3 is 0 Å². The third-order valence-electron chi connectivity index (χ3n) is 6.27. The van der Waals surface area contributed by atoms with Gasteiger partial charge in [-0.25, -0.2) is 13.4 Å². The molecule has 0 bridgehead atoms. The summed E-state index contributed by atoms with van der Waals surface area (Å²) in [4.78, 5) is 25.8. The Morgan fingerprint density at radius 1 is 1.20 bits per heavy atom. The SMILES string of the molecule is CCS(=O)(=O)c1ccc(CC(=O)Nc2nc3c(s2)CN([C@H](C)c2ccc(Cl)cn2)[C@H]3C(C)C)cc1. The quantitative estimate of drug-likeness (QED) is 0.415. The number of pyridine rings is 1. The maximum atomic E-state index is 12.7. The van der Waals surface area contributed by atoms with Crippen molar-refractivity contribution in [2.75, 3.05) is 11.1 Å². The summed E-state index contributed by atoms with van der Waals surface area (Å²) >= 11 is 7.51. The topological polar surface area (TPSA) is 92.3 Å². The van der Waals surface area contributed by atoms with E-state index in [-0.39, 0.29) is 35.1 Å². The van der Waals surface area contributed by atoms with Gasteiger partial charge in [0.2, 0.25) is 5.91 Å². The maximum absolute atomic E-state index is 12.7. The van der Waals surface area contributed by atoms with Crippen LogP contribution in [0.1, 0.15) is 61.6 Å². The second-order valence-corrected chi connectivity index (χ2v) is 12.8. The van der Waals surface area contributed by atoms with Crippen LogP contribution < -0.4 is 5.32 Å². The van der Waals surface area contributed by atoms with E-state index < -0.39 is 9.84 Å². The van der Waals surface area contributed by atoms with Gasteiger partial charge in [-0.15, -0.1) is 11.3 Å². The predicted octanol–water partition coefficient (Wildman–Crippen LogP) is 5.44. The molecule has 3 heterocycles. The molecule has 0 radical (unpaired) electrons. The van der Waals surface area contributed by atoms with Crippen molar-refractivity contribution in [3.8, 4) is 0 Å². The van der Waals surface area contributed by atoms with E-state index in [9.17, 15) is 13.2 Å². The molecule has 3 aromatic rings. The van der Waals surface area contributed by atoms with Gasteiger partial charge in [0.15, 0.2) is 15.0 Å². The molecule has 0 aliphatic carbocycles. The Morgan fingerprint density at radius 2 is 1.91 bits per heavy atom. The highest BCUT2D eigenvalue weighted by Gasteiger charge is 2.39. The van der Waals surface area contributed by atoms with Crippen molar-refractivity contribution < 1.29 is 13.2 Å². The fraction of sp³-hybridized carbons (Fsp3) is 0.400. The van der Waals surface area contributed by atoms with Crippen molar-refractivity contribution in [2.24, 2.45) is 5.92 Å². The largest absolute Gasteiger partial charge is 0.302 e. The first-order chi connectivity index (χ1) is 16.6. The summed E-state index contributed by atoms with van der Waals surface area (Å²) in [5.41, 5.74) is 2.72. The van der Waals surface area contributed by atoms with E-state index in [1.807, 2.05) is 12.1 Å². The zero-order valence-corrected chi connectivity index (χ0v) is 22.5. The number of carbonyl (C=O) groups excluding carboxylic acids is 1. The van der Waals surface area contributed by atoms with E-state index in [0.717, 1.165) is 28.4 Å². The molecule has 0 saturated carbocycles. The van der Waals surface area contributed by atoms with Crippen LogP contribution in [0.15, 0.2) is 47.5 Å². The lowest BCUT2D eigenvalue weighted by molar-refractivity contribution is -0.115. The van der Waals surface area contributed by atoms with E-state index in [1.165, 1.54) is 11.3 Å². The molecule has 0 spiro atoms. The third kappa shape index (κ3) is 5.58. The minimum absolute atomic E-state index is 0.0470. The summed E-state index contributed by atoms with van der Waals surface area (Å²) in [6.07, 6.45) is 1.82. The Labute approximate surface area is 215 Å². The smallest absolute Gasteiger partial charge is 0.230 e. The number of rotatable bonds is 8. The Bertz CT molecular complexity index is 1310. The zero-order valence-electron chi connectivity index (χ0n) is 20.2. The Hall–Kier alpha value is -2.33. The van der Waals surface area contributed by atoms with Crippen molar-refractivity contribution in [1.29, 1.82) is 0 Å². The highest BCUT2D eigenvalue weighted by atomic mass is 35.5. The monoisotopic (exact) mass is 532 g/mol. The van der Waals surface area contributed by atoms with Gasteiger partial charge in [0.1, 0.15) is 0 Å². The number of halogens is 1. The average molecular weight is 533 g/mol. The van der Waals surface area contributed by atoms with Crippen LogP contribution in [-0.2, 0) is 27.6 Å². The Balaban J connectivity index is 1.44. The number of hydrogen-bond donors (Lipinski definition) is 1. The van der Waals surface area contributed by atoms with E-state index in [2.05, 4.69) is 36.0 Å². The van der Waals surface area contributed by atoms with E-state index in [4.69, 9.17) is 16.6 Å². The molecule has 1 amide bonds. The van der Waals surface area contributed by atoms with Gasteiger partial charge < -0.3 is 5.32 Å². The van der Waals surface area contributed by atoms with Crippen LogP contribution in [0, 0.1) is 5.92 Å². The second-order valence-electron chi connectivity index (χ2n) is 9.04. The summed E-state index contributed by atoms with van der Waals surface area (Å²) in [6.45, 7) is 8.84. The van der Waals surface area contributed by atoms with E-state index in [1.54, 1.807) is 37.4 Å². The fourth-order valence-electron chi connectivity index (χ4n) is 4.39. The van der Waals surface area contributed by atoms with Crippen molar-refractivity contribution in [3.63, 3.8) is 0 Å². The van der Waals surface area contributed by atoms with Crippen molar-refractivity contribution in [2.45, 2.75) is 57.6 Å². The number of benzene rings is 1. The molecular formula is C25H29ClN4O3S2. The normalized spacial score (nSPS) is 16.9. The summed E-state index contributed by atoms with van der Waals surface area (Å²) in [6, 6.07) is 10.5. The number of carbonyl (C=O) groups is 1. The summed E-state index contributed by atoms with van der Waals surface area (Å²) in [5.74, 6) is 0.195. The zero-order chi connectivity index (χ0) is 25.3. The predicted molar refractivity (Wildman–Crippen MR) is 139 cm³/mol. The molecule has 186 valence electrons. The van der Waals surface area contributed by atoms with Gasteiger partial charge in [0, 0.05) is 17.6 Å². The Morgan fingerprint density at radius 3 is 2.51 bits per heavy atom. The molecule has 0 fully saturated rings. The summed E-state index contributed by atoms with van der Waals surface area (Å²) in [7, 11) is -3.26. The van der Waals surface area contributed by atoms with Crippen LogP contribution in [0.4, 0.5) is 5.13 Å². The molecular weight excluding hydrogens is 504 g/mol. The fourth-order valence-corrected chi connectivity index (χ4v) is 6.42. The number of sulfone groups is 1. The molecule has 2 aromatic heterocycles. The summed E-state index contributed by atoms with van der Waals surface area (Å²) in [5, 5.41) is 4.13. The molecule has 7 nitrogen and oxygen atoms in total. The number of hydrogen-bond acceptors (Lipinski definition) is 7. The molecule has 1 aliphatic rings. The standard InChI is InChI=1S/C25H29ClN4O3S2/c1-5-35(32,33)19-9-6-17(7-10-19)12-22(31)28-25-29-23-21(34-25)14-30(24(23)15(2)3)16(4)20-11-8-18(26)13-27-20/h6-11,13,15-16,24H,5,12,14H2,1-4H3,(H,28,29,31)/t16-,24+/m1/s1. The van der Waals surface area contributed by atoms with Gasteiger partial charge in [-0.05, 0) is 42.7 Å². The number of thiazole rings is 1. The first kappa shape index (κ1) is 25.8. The minimum Gasteiger partial charge on any atom is -0.302 e. The third-order valence-corrected chi connectivity index (χ3v) is 9.22. The molecule has 35 heavy (non-hydrogen) atoms. The highest BCUT2D eigenvalue weighted by molar-refractivity contribution is 7.91. The first-order valence-corrected chi connectivity index (χ1v) is 14.4. The van der Waals surface area contributed by atoms with Gasteiger partial charge in [-0.3, -0.25) is 14.7 Å². The minimum atomic E-state index is -3.26. The lowest BCUT2D eigenvalue weighted by atomic mass is 10.00. The molecule has 10 heteroatoms. The van der Waals surface area contributed by atoms with Crippen LogP contribution in [0.5, 0.6) is 0 Å². The number of nitrogens with one attached hydrogen (secondary N) is 1. The number of amides is 1. The van der Waals surface area contributed by atoms with Crippen molar-refractivity contribution in [3.05, 3.63) is 69.4 Å². The van der Waals surface area contributed by atoms with Crippen LogP contribution in [0.3, 0.4) is 0 Å². The molecule has 1 aliphatic heterocycles. The van der Waals surface area contributed by atoms with Gasteiger partial charge in [-0.2, -0.15) is 0 Å². The lowest BCUT2D eigenvalue weighted by Gasteiger charge is -2.32. The second kappa shape index (κ2) is 10.3. The van der Waals surface area contributed by atoms with E-state index in [0.29, 0.717) is 16.1 Å². The summed E-state index contributed by atoms with van der Waals surface area (Å²) < 4.78 is 24.0. The van der Waals surface area contributed by atoms with Gasteiger partial charge in [0.05, 0.1) is 45.6 Å². The van der Waals surface area contributed by atoms with Crippen molar-refractivity contribution >= 4 is 43.8 Å². The molecule has 4 rings (SSSR count). The van der Waals surface area contributed by atoms with Crippen LogP contribution in [0.25, 0.3) is 0 Å². The van der Waals surface area contributed by atoms with Crippen LogP contribution >= 0.6 is 22.9 Å². The van der Waals surface area contributed by atoms with Crippen molar-refractivity contribution in [1.82, 2.24) is 14.9 Å². The number of aromatic nitrogens is 2. The molecule has 2 atom stereocenters. The van der Waals surface area contributed by atoms with Crippen LogP contribution in [0.2, 0.25) is 5.02 Å². The number of fused-ring (bicyclic) bond motifs is 1. The van der Waals surface area contributed by atoms with Crippen LogP contribution in [-0.4, -0.2) is 34.9 Å². The first-order valence-electron chi connectivity index (χ1n) is 11.6. The number of anilines is 1. The van der Waals surface area contributed by atoms with E-state index >= 15 is 0 Å². The average Bonchev–Trinajstić information content (AvgIpc) is 3.36.